The maximum atomic E-state index is 13.1. The average molecular weight is 483 g/mol. The van der Waals surface area contributed by atoms with E-state index in [1.165, 1.54) is 7.11 Å². The lowest BCUT2D eigenvalue weighted by Gasteiger charge is -2.14. The number of hydrogen-bond donors (Lipinski definition) is 1. The van der Waals surface area contributed by atoms with Crippen LogP contribution in [0, 0.1) is 18.3 Å². The van der Waals surface area contributed by atoms with Crippen molar-refractivity contribution in [3.8, 4) is 17.6 Å². The zero-order valence-corrected chi connectivity index (χ0v) is 20.1. The van der Waals surface area contributed by atoms with Crippen molar-refractivity contribution in [2.75, 3.05) is 12.4 Å². The molecule has 0 aliphatic rings. The number of anilines is 1. The van der Waals surface area contributed by atoms with Crippen LogP contribution in [-0.4, -0.2) is 13.0 Å². The number of aryl methyl sites for hydroxylation is 1. The summed E-state index contributed by atoms with van der Waals surface area (Å²) in [4.78, 5) is 13.1. The van der Waals surface area contributed by atoms with Crippen LogP contribution in [-0.2, 0) is 11.4 Å². The van der Waals surface area contributed by atoms with Crippen LogP contribution in [0.2, 0.25) is 5.02 Å². The molecule has 0 unspecified atom stereocenters. The normalized spacial score (nSPS) is 11.1. The molecule has 0 saturated carbocycles. The summed E-state index contributed by atoms with van der Waals surface area (Å²) in [6.45, 7) is 2.22. The second-order valence-electron chi connectivity index (χ2n) is 7.94. The second-order valence-corrected chi connectivity index (χ2v) is 8.38. The number of ether oxygens (including phenoxy) is 2. The van der Waals surface area contributed by atoms with Gasteiger partial charge in [-0.2, -0.15) is 5.26 Å². The number of amides is 1. The van der Waals surface area contributed by atoms with E-state index in [1.54, 1.807) is 30.3 Å². The average Bonchev–Trinajstić information content (AvgIpc) is 2.87. The summed E-state index contributed by atoms with van der Waals surface area (Å²) in [6.07, 6.45) is 1.57. The Balaban J connectivity index is 1.70. The Morgan fingerprint density at radius 1 is 1.03 bits per heavy atom. The molecule has 1 amide bonds. The lowest BCUT2D eigenvalue weighted by atomic mass is 10.0. The molecular formula is C29H23ClN2O3. The van der Waals surface area contributed by atoms with Gasteiger partial charge in [-0.05, 0) is 65.2 Å². The molecule has 174 valence electrons. The number of methoxy groups -OCH3 is 1. The number of fused-ring (bicyclic) bond motifs is 1. The van der Waals surface area contributed by atoms with E-state index in [1.807, 2.05) is 67.6 Å². The molecule has 5 nitrogen and oxygen atoms in total. The molecule has 0 saturated heterocycles. The van der Waals surface area contributed by atoms with Gasteiger partial charge in [0.1, 0.15) is 29.7 Å². The Hall–Kier alpha value is -4.27. The van der Waals surface area contributed by atoms with Crippen molar-refractivity contribution >= 4 is 40.0 Å². The van der Waals surface area contributed by atoms with Gasteiger partial charge in [0.15, 0.2) is 0 Å². The van der Waals surface area contributed by atoms with Crippen molar-refractivity contribution < 1.29 is 14.3 Å². The first-order chi connectivity index (χ1) is 17.0. The third kappa shape index (κ3) is 5.63. The number of carbonyl (C=O) groups excluding carboxylic acids is 1. The number of carbonyl (C=O) groups is 1. The van der Waals surface area contributed by atoms with Gasteiger partial charge in [0, 0.05) is 10.6 Å². The lowest BCUT2D eigenvalue weighted by Crippen LogP contribution is -2.14. The largest absolute Gasteiger partial charge is 0.495 e. The van der Waals surface area contributed by atoms with E-state index in [2.05, 4.69) is 5.32 Å². The van der Waals surface area contributed by atoms with E-state index in [9.17, 15) is 10.1 Å². The zero-order chi connectivity index (χ0) is 24.8. The standard InChI is InChI=1S/C29H23ClN2O3/c1-19-7-13-28(34-2)26(15-19)32-29(33)22(17-31)16-25-24-6-4-3-5-21(24)10-14-27(25)35-18-20-8-11-23(30)12-9-20/h3-16H,18H2,1-2H3,(H,32,33)/b22-16+. The highest BCUT2D eigenvalue weighted by molar-refractivity contribution is 6.30. The van der Waals surface area contributed by atoms with Crippen molar-refractivity contribution in [1.29, 1.82) is 5.26 Å². The van der Waals surface area contributed by atoms with E-state index in [0.29, 0.717) is 34.4 Å². The lowest BCUT2D eigenvalue weighted by molar-refractivity contribution is -0.112. The van der Waals surface area contributed by atoms with E-state index in [-0.39, 0.29) is 5.57 Å². The molecule has 0 fully saturated rings. The molecule has 0 aliphatic heterocycles. The van der Waals surface area contributed by atoms with Gasteiger partial charge >= 0.3 is 0 Å². The first kappa shape index (κ1) is 23.9. The first-order valence-corrected chi connectivity index (χ1v) is 11.3. The number of halogens is 1. The zero-order valence-electron chi connectivity index (χ0n) is 19.3. The Kier molecular flexibility index (Phi) is 7.35. The summed E-state index contributed by atoms with van der Waals surface area (Å²) in [5.74, 6) is 0.540. The Bertz CT molecular complexity index is 1450. The van der Waals surface area contributed by atoms with E-state index < -0.39 is 5.91 Å². The van der Waals surface area contributed by atoms with Crippen LogP contribution in [0.1, 0.15) is 16.7 Å². The first-order valence-electron chi connectivity index (χ1n) is 11.0. The summed E-state index contributed by atoms with van der Waals surface area (Å²) in [5.41, 5.74) is 3.00. The molecule has 4 aromatic rings. The molecule has 0 radical (unpaired) electrons. The fourth-order valence-electron chi connectivity index (χ4n) is 3.69. The number of rotatable bonds is 7. The van der Waals surface area contributed by atoms with Gasteiger partial charge in [-0.25, -0.2) is 0 Å². The smallest absolute Gasteiger partial charge is 0.266 e. The Morgan fingerprint density at radius 2 is 1.77 bits per heavy atom. The second kappa shape index (κ2) is 10.8. The van der Waals surface area contributed by atoms with Crippen molar-refractivity contribution in [3.63, 3.8) is 0 Å². The Morgan fingerprint density at radius 3 is 2.51 bits per heavy atom. The van der Waals surface area contributed by atoms with Gasteiger partial charge in [0.05, 0.1) is 12.8 Å². The highest BCUT2D eigenvalue weighted by Gasteiger charge is 2.16. The van der Waals surface area contributed by atoms with Crippen molar-refractivity contribution in [1.82, 2.24) is 0 Å². The van der Waals surface area contributed by atoms with Gasteiger partial charge < -0.3 is 14.8 Å². The van der Waals surface area contributed by atoms with Gasteiger partial charge in [-0.1, -0.05) is 60.1 Å². The molecule has 4 aromatic carbocycles. The SMILES string of the molecule is COc1ccc(C)cc1NC(=O)/C(C#N)=C/c1c(OCc2ccc(Cl)cc2)ccc2ccccc12. The fourth-order valence-corrected chi connectivity index (χ4v) is 3.82. The third-order valence-electron chi connectivity index (χ3n) is 5.50. The van der Waals surface area contributed by atoms with Crippen molar-refractivity contribution in [2.24, 2.45) is 0 Å². The molecule has 0 bridgehead atoms. The van der Waals surface area contributed by atoms with Gasteiger partial charge in [0.25, 0.3) is 5.91 Å². The van der Waals surface area contributed by atoms with Crippen molar-refractivity contribution in [3.05, 3.63) is 106 Å². The van der Waals surface area contributed by atoms with Crippen LogP contribution in [0.25, 0.3) is 16.8 Å². The van der Waals surface area contributed by atoms with E-state index in [0.717, 1.165) is 21.9 Å². The minimum Gasteiger partial charge on any atom is -0.495 e. The highest BCUT2D eigenvalue weighted by Crippen LogP contribution is 2.32. The summed E-state index contributed by atoms with van der Waals surface area (Å²) in [5, 5.41) is 15.1. The monoisotopic (exact) mass is 482 g/mol. The van der Waals surface area contributed by atoms with E-state index >= 15 is 0 Å². The molecule has 35 heavy (non-hydrogen) atoms. The summed E-state index contributed by atoms with van der Waals surface area (Å²) >= 11 is 5.98. The number of nitrogens with zero attached hydrogens (tertiary/aromatic N) is 1. The predicted molar refractivity (Wildman–Crippen MR) is 140 cm³/mol. The van der Waals surface area contributed by atoms with Crippen LogP contribution in [0.4, 0.5) is 5.69 Å². The predicted octanol–water partition coefficient (Wildman–Crippen LogP) is 6.93. The van der Waals surface area contributed by atoms with Crippen LogP contribution in [0.3, 0.4) is 0 Å². The fraction of sp³-hybridized carbons (Fsp3) is 0.103. The maximum Gasteiger partial charge on any atom is 0.266 e. The van der Waals surface area contributed by atoms with Gasteiger partial charge in [-0.15, -0.1) is 0 Å². The van der Waals surface area contributed by atoms with Crippen molar-refractivity contribution in [2.45, 2.75) is 13.5 Å². The number of hydrogen-bond acceptors (Lipinski definition) is 4. The van der Waals surface area contributed by atoms with Crippen LogP contribution in [0.5, 0.6) is 11.5 Å². The summed E-state index contributed by atoms with van der Waals surface area (Å²) in [7, 11) is 1.53. The minimum atomic E-state index is -0.534. The topological polar surface area (TPSA) is 71.3 Å². The molecule has 6 heteroatoms. The van der Waals surface area contributed by atoms with Gasteiger partial charge in [0.2, 0.25) is 0 Å². The molecule has 0 heterocycles. The molecule has 0 spiro atoms. The van der Waals surface area contributed by atoms with E-state index in [4.69, 9.17) is 21.1 Å². The molecule has 0 aliphatic carbocycles. The van der Waals surface area contributed by atoms with Crippen LogP contribution in [0.15, 0.2) is 84.4 Å². The number of nitriles is 1. The summed E-state index contributed by atoms with van der Waals surface area (Å²) in [6, 6.07) is 26.4. The third-order valence-corrected chi connectivity index (χ3v) is 5.75. The molecule has 1 N–H and O–H groups in total. The Labute approximate surface area is 209 Å². The molecule has 0 aromatic heterocycles. The number of benzene rings is 4. The molecule has 0 atom stereocenters. The number of nitrogens with one attached hydrogen (secondary N) is 1. The summed E-state index contributed by atoms with van der Waals surface area (Å²) < 4.78 is 11.5. The van der Waals surface area contributed by atoms with Gasteiger partial charge in [-0.3, -0.25) is 4.79 Å². The van der Waals surface area contributed by atoms with Crippen LogP contribution < -0.4 is 14.8 Å². The maximum absolute atomic E-state index is 13.1. The molecule has 4 rings (SSSR count). The van der Waals surface area contributed by atoms with Crippen LogP contribution >= 0.6 is 11.6 Å². The highest BCUT2D eigenvalue weighted by atomic mass is 35.5. The quantitative estimate of drug-likeness (QED) is 0.229. The minimum absolute atomic E-state index is 0.0544. The molecular weight excluding hydrogens is 460 g/mol.